The van der Waals surface area contributed by atoms with Crippen LogP contribution in [0.15, 0.2) is 48.5 Å². The highest BCUT2D eigenvalue weighted by Gasteiger charge is 2.19. The van der Waals surface area contributed by atoms with Crippen molar-refractivity contribution in [2.24, 2.45) is 5.92 Å². The molecule has 0 aromatic heterocycles. The second-order valence-corrected chi connectivity index (χ2v) is 5.65. The normalized spacial score (nSPS) is 11.9. The van der Waals surface area contributed by atoms with Crippen molar-refractivity contribution in [3.8, 4) is 0 Å². The highest BCUT2D eigenvalue weighted by atomic mass is 35.5. The summed E-state index contributed by atoms with van der Waals surface area (Å²) in [4.78, 5) is 23.3. The summed E-state index contributed by atoms with van der Waals surface area (Å²) in [6.07, 6.45) is 3.13. The van der Waals surface area contributed by atoms with E-state index in [2.05, 4.69) is 0 Å². The lowest BCUT2D eigenvalue weighted by atomic mass is 9.93. The number of halogens is 1. The summed E-state index contributed by atoms with van der Waals surface area (Å²) < 4.78 is 0. The van der Waals surface area contributed by atoms with Gasteiger partial charge in [0.15, 0.2) is 0 Å². The molecule has 0 bridgehead atoms. The molecule has 22 heavy (non-hydrogen) atoms. The molecule has 0 spiro atoms. The van der Waals surface area contributed by atoms with Gasteiger partial charge in [0.1, 0.15) is 5.78 Å². The Labute approximate surface area is 135 Å². The van der Waals surface area contributed by atoms with E-state index in [0.717, 1.165) is 11.1 Å². The summed E-state index contributed by atoms with van der Waals surface area (Å²) in [5.74, 6) is -0.822. The summed E-state index contributed by atoms with van der Waals surface area (Å²) in [5, 5.41) is 0.630. The zero-order valence-corrected chi connectivity index (χ0v) is 12.8. The summed E-state index contributed by atoms with van der Waals surface area (Å²) in [6, 6.07) is 14.5. The van der Waals surface area contributed by atoms with Crippen molar-refractivity contribution in [3.63, 3.8) is 0 Å². The molecule has 4 heteroatoms. The molecule has 113 valence electrons. The Hall–Kier alpha value is -2.13. The summed E-state index contributed by atoms with van der Waals surface area (Å²) in [7, 11) is 0. The number of ketones is 1. The van der Waals surface area contributed by atoms with Crippen LogP contribution >= 0.6 is 11.6 Å². The number of hydrogen-bond donors (Lipinski definition) is 1. The van der Waals surface area contributed by atoms with Gasteiger partial charge in [0, 0.05) is 17.1 Å². The van der Waals surface area contributed by atoms with Crippen molar-refractivity contribution in [2.75, 3.05) is 5.73 Å². The van der Waals surface area contributed by atoms with E-state index >= 15 is 0 Å². The van der Waals surface area contributed by atoms with Crippen LogP contribution in [0.3, 0.4) is 0 Å². The van der Waals surface area contributed by atoms with Crippen molar-refractivity contribution in [1.82, 2.24) is 0 Å². The van der Waals surface area contributed by atoms with Crippen molar-refractivity contribution in [2.45, 2.75) is 19.3 Å². The number of carbonyl (C=O) groups excluding carboxylic acids is 2. The van der Waals surface area contributed by atoms with Gasteiger partial charge in [-0.1, -0.05) is 35.9 Å². The first kappa shape index (κ1) is 16.2. The third kappa shape index (κ3) is 4.71. The first-order valence-electron chi connectivity index (χ1n) is 7.07. The maximum atomic E-state index is 12.2. The average Bonchev–Trinajstić information content (AvgIpc) is 2.53. The minimum atomic E-state index is -0.727. The Bertz CT molecular complexity index is 635. The minimum Gasteiger partial charge on any atom is -0.399 e. The molecule has 0 fully saturated rings. The summed E-state index contributed by atoms with van der Waals surface area (Å²) >= 11 is 5.82. The molecule has 3 nitrogen and oxygen atoms in total. The number of carbonyl (C=O) groups is 1. The van der Waals surface area contributed by atoms with E-state index in [1.807, 2.05) is 30.6 Å². The highest BCUT2D eigenvalue weighted by molar-refractivity contribution is 6.30. The predicted octanol–water partition coefficient (Wildman–Crippen LogP) is 3.39. The lowest BCUT2D eigenvalue weighted by Crippen LogP contribution is -2.19. The summed E-state index contributed by atoms with van der Waals surface area (Å²) in [5.41, 5.74) is 8.24. The molecule has 1 unspecified atom stereocenters. The predicted molar refractivity (Wildman–Crippen MR) is 88.5 cm³/mol. The van der Waals surface area contributed by atoms with E-state index in [-0.39, 0.29) is 5.78 Å². The molecule has 0 saturated carbocycles. The summed E-state index contributed by atoms with van der Waals surface area (Å²) in [6.45, 7) is 0. The van der Waals surface area contributed by atoms with E-state index in [4.69, 9.17) is 17.3 Å². The molecule has 2 N–H and O–H groups in total. The van der Waals surface area contributed by atoms with E-state index in [1.54, 1.807) is 24.3 Å². The fourth-order valence-electron chi connectivity index (χ4n) is 2.20. The quantitative estimate of drug-likeness (QED) is 0.629. The number of hydrogen-bond acceptors (Lipinski definition) is 3. The molecule has 2 aromatic rings. The van der Waals surface area contributed by atoms with Crippen LogP contribution in [0.4, 0.5) is 5.69 Å². The van der Waals surface area contributed by atoms with Gasteiger partial charge in [0.05, 0.1) is 5.92 Å². The topological polar surface area (TPSA) is 60.2 Å². The van der Waals surface area contributed by atoms with Gasteiger partial charge in [-0.25, -0.2) is 0 Å². The Morgan fingerprint density at radius 2 is 1.64 bits per heavy atom. The largest absolute Gasteiger partial charge is 0.399 e. The Balaban J connectivity index is 1.92. The van der Waals surface area contributed by atoms with Gasteiger partial charge in [-0.2, -0.15) is 0 Å². The molecule has 0 aliphatic heterocycles. The number of Topliss-reactive ketones (excluding diaryl/α,β-unsaturated/α-hetero) is 1. The molecule has 0 aliphatic carbocycles. The van der Waals surface area contributed by atoms with Crippen LogP contribution in [0, 0.1) is 5.92 Å². The lowest BCUT2D eigenvalue weighted by molar-refractivity contribution is -0.120. The molecule has 1 radical (unpaired) electrons. The zero-order chi connectivity index (χ0) is 15.9. The number of rotatable bonds is 7. The third-order valence-electron chi connectivity index (χ3n) is 3.52. The van der Waals surface area contributed by atoms with Gasteiger partial charge in [-0.05, 0) is 48.2 Å². The number of nitrogen functional groups attached to an aromatic ring is 1. The maximum absolute atomic E-state index is 12.2. The molecule has 1 atom stereocenters. The van der Waals surface area contributed by atoms with Crippen LogP contribution in [0.5, 0.6) is 0 Å². The molecule has 0 saturated heterocycles. The number of aryl methyl sites for hydroxylation is 1. The first-order chi connectivity index (χ1) is 10.6. The number of benzene rings is 2. The van der Waals surface area contributed by atoms with Gasteiger partial charge in [-0.15, -0.1) is 0 Å². The highest BCUT2D eigenvalue weighted by Crippen LogP contribution is 2.15. The third-order valence-corrected chi connectivity index (χ3v) is 3.78. The van der Waals surface area contributed by atoms with E-state index < -0.39 is 5.92 Å². The molecule has 2 aromatic carbocycles. The fraction of sp³-hybridized carbons (Fsp3) is 0.222. The van der Waals surface area contributed by atoms with Gasteiger partial charge < -0.3 is 5.73 Å². The number of anilines is 1. The van der Waals surface area contributed by atoms with Crippen molar-refractivity contribution < 1.29 is 9.59 Å². The van der Waals surface area contributed by atoms with Crippen LogP contribution < -0.4 is 5.73 Å². The number of nitrogens with two attached hydrogens (primary N) is 1. The van der Waals surface area contributed by atoms with Gasteiger partial charge >= 0.3 is 0 Å². The molecular weight excluding hydrogens is 298 g/mol. The Kier molecular flexibility index (Phi) is 5.73. The Morgan fingerprint density at radius 1 is 1.05 bits per heavy atom. The van der Waals surface area contributed by atoms with Crippen LogP contribution in [0.25, 0.3) is 0 Å². The second kappa shape index (κ2) is 7.76. The van der Waals surface area contributed by atoms with Gasteiger partial charge in [-0.3, -0.25) is 9.59 Å². The smallest absolute Gasteiger partial charge is 0.209 e. The molecule has 2 rings (SSSR count). The Morgan fingerprint density at radius 3 is 2.23 bits per heavy atom. The van der Waals surface area contributed by atoms with Gasteiger partial charge in [0.25, 0.3) is 0 Å². The molecule has 0 heterocycles. The molecule has 0 amide bonds. The minimum absolute atomic E-state index is 0.0956. The average molecular weight is 315 g/mol. The SMILES string of the molecule is Nc1ccc(CCC(=O)C([C]=O)Cc2ccc(Cl)cc2)cc1. The lowest BCUT2D eigenvalue weighted by Gasteiger charge is -2.09. The standard InChI is InChI=1S/C18H17ClNO2/c19-16-6-1-14(2-7-16)11-15(12-21)18(22)10-5-13-3-8-17(20)9-4-13/h1-4,6-9,15H,5,10-11,20H2. The van der Waals surface area contributed by atoms with Crippen molar-refractivity contribution >= 4 is 29.4 Å². The fourth-order valence-corrected chi connectivity index (χ4v) is 2.33. The van der Waals surface area contributed by atoms with Gasteiger partial charge in [0.2, 0.25) is 6.29 Å². The van der Waals surface area contributed by atoms with E-state index in [9.17, 15) is 9.59 Å². The maximum Gasteiger partial charge on any atom is 0.209 e. The van der Waals surface area contributed by atoms with Crippen LogP contribution in [-0.2, 0) is 22.4 Å². The molecular formula is C18H17ClNO2. The molecule has 0 aliphatic rings. The van der Waals surface area contributed by atoms with E-state index in [0.29, 0.717) is 30.0 Å². The first-order valence-corrected chi connectivity index (χ1v) is 7.45. The van der Waals surface area contributed by atoms with Crippen LogP contribution in [0.2, 0.25) is 5.02 Å². The van der Waals surface area contributed by atoms with Crippen molar-refractivity contribution in [1.29, 1.82) is 0 Å². The second-order valence-electron chi connectivity index (χ2n) is 5.21. The monoisotopic (exact) mass is 314 g/mol. The van der Waals surface area contributed by atoms with Crippen LogP contribution in [-0.4, -0.2) is 12.1 Å². The zero-order valence-electron chi connectivity index (χ0n) is 12.1. The van der Waals surface area contributed by atoms with E-state index in [1.165, 1.54) is 0 Å². The van der Waals surface area contributed by atoms with Crippen molar-refractivity contribution in [3.05, 3.63) is 64.7 Å². The van der Waals surface area contributed by atoms with Crippen LogP contribution in [0.1, 0.15) is 17.5 Å².